The molecule has 1 heterocycles. The molecule has 0 radical (unpaired) electrons. The van der Waals surface area contributed by atoms with E-state index in [1.807, 2.05) is 0 Å². The first kappa shape index (κ1) is 10.2. The zero-order chi connectivity index (χ0) is 11.5. The maximum absolute atomic E-state index is 11.6. The summed E-state index contributed by atoms with van der Waals surface area (Å²) < 4.78 is 6.45. The van der Waals surface area contributed by atoms with Gasteiger partial charge in [0.1, 0.15) is 5.75 Å². The number of rotatable bonds is 2. The molecule has 0 amide bonds. The fraction of sp³-hybridized carbons (Fsp3) is 0.0909. The largest absolute Gasteiger partial charge is 0.495 e. The standard InChI is InChI=1S/C11H10N2O3/c1-16-9-5-3-2-4-8(9)13-7-6-10(14)12-11(13)15/h2-7H,1H3,(H,12,14,15). The van der Waals surface area contributed by atoms with Gasteiger partial charge in [-0.25, -0.2) is 4.79 Å². The second-order valence-corrected chi connectivity index (χ2v) is 3.15. The number of aromatic nitrogens is 2. The predicted octanol–water partition coefficient (Wildman–Crippen LogP) is 0.534. The van der Waals surface area contributed by atoms with E-state index in [-0.39, 0.29) is 0 Å². The average molecular weight is 218 g/mol. The molecule has 0 spiro atoms. The van der Waals surface area contributed by atoms with Crippen LogP contribution in [0.4, 0.5) is 0 Å². The van der Waals surface area contributed by atoms with Crippen LogP contribution in [0.5, 0.6) is 5.75 Å². The van der Waals surface area contributed by atoms with Gasteiger partial charge in [0, 0.05) is 12.3 Å². The number of benzene rings is 1. The van der Waals surface area contributed by atoms with E-state index in [4.69, 9.17) is 4.74 Å². The minimum absolute atomic E-state index is 0.420. The molecule has 0 aliphatic rings. The van der Waals surface area contributed by atoms with E-state index in [9.17, 15) is 9.59 Å². The van der Waals surface area contributed by atoms with E-state index < -0.39 is 11.2 Å². The van der Waals surface area contributed by atoms with E-state index in [0.717, 1.165) is 0 Å². The highest BCUT2D eigenvalue weighted by Gasteiger charge is 2.05. The molecule has 0 unspecified atom stereocenters. The number of nitrogens with one attached hydrogen (secondary N) is 1. The first-order valence-corrected chi connectivity index (χ1v) is 4.68. The molecule has 1 aromatic heterocycles. The van der Waals surface area contributed by atoms with E-state index in [0.29, 0.717) is 11.4 Å². The number of H-pyrrole nitrogens is 1. The van der Waals surface area contributed by atoms with Crippen molar-refractivity contribution in [1.82, 2.24) is 9.55 Å². The number of para-hydroxylation sites is 2. The smallest absolute Gasteiger partial charge is 0.333 e. The highest BCUT2D eigenvalue weighted by Crippen LogP contribution is 2.19. The molecular formula is C11H10N2O3. The van der Waals surface area contributed by atoms with Crippen molar-refractivity contribution in [1.29, 1.82) is 0 Å². The van der Waals surface area contributed by atoms with Crippen LogP contribution >= 0.6 is 0 Å². The normalized spacial score (nSPS) is 10.1. The summed E-state index contributed by atoms with van der Waals surface area (Å²) in [5.41, 5.74) is -0.320. The van der Waals surface area contributed by atoms with E-state index in [1.54, 1.807) is 24.3 Å². The maximum atomic E-state index is 11.6. The Morgan fingerprint density at radius 3 is 2.62 bits per heavy atom. The molecule has 0 aliphatic carbocycles. The predicted molar refractivity (Wildman–Crippen MR) is 59.2 cm³/mol. The van der Waals surface area contributed by atoms with E-state index in [1.165, 1.54) is 23.9 Å². The van der Waals surface area contributed by atoms with Crippen LogP contribution in [0.2, 0.25) is 0 Å². The molecular weight excluding hydrogens is 208 g/mol. The van der Waals surface area contributed by atoms with Crippen LogP contribution in [0.15, 0.2) is 46.1 Å². The van der Waals surface area contributed by atoms with Crippen LogP contribution in [0.1, 0.15) is 0 Å². The summed E-state index contributed by atoms with van der Waals surface area (Å²) in [6, 6.07) is 8.35. The van der Waals surface area contributed by atoms with Crippen molar-refractivity contribution in [3.8, 4) is 11.4 Å². The van der Waals surface area contributed by atoms with Gasteiger partial charge in [0.25, 0.3) is 5.56 Å². The van der Waals surface area contributed by atoms with Gasteiger partial charge in [0.15, 0.2) is 0 Å². The summed E-state index contributed by atoms with van der Waals surface area (Å²) in [4.78, 5) is 24.7. The third kappa shape index (κ3) is 1.75. The van der Waals surface area contributed by atoms with Gasteiger partial charge in [-0.3, -0.25) is 14.3 Å². The number of methoxy groups -OCH3 is 1. The topological polar surface area (TPSA) is 64.1 Å². The van der Waals surface area contributed by atoms with Crippen LogP contribution in [-0.2, 0) is 0 Å². The minimum Gasteiger partial charge on any atom is -0.495 e. The van der Waals surface area contributed by atoms with Gasteiger partial charge in [0.05, 0.1) is 12.8 Å². The fourth-order valence-corrected chi connectivity index (χ4v) is 1.44. The number of ether oxygens (including phenoxy) is 1. The average Bonchev–Trinajstić information content (AvgIpc) is 2.29. The summed E-state index contributed by atoms with van der Waals surface area (Å²) in [5.74, 6) is 0.566. The Balaban J connectivity index is 2.68. The lowest BCUT2D eigenvalue weighted by Gasteiger charge is -2.09. The molecule has 0 bridgehead atoms. The Bertz CT molecular complexity index is 613. The molecule has 82 valence electrons. The van der Waals surface area contributed by atoms with Crippen LogP contribution in [0.25, 0.3) is 5.69 Å². The quantitative estimate of drug-likeness (QED) is 0.799. The first-order valence-electron chi connectivity index (χ1n) is 4.68. The third-order valence-corrected chi connectivity index (χ3v) is 2.17. The van der Waals surface area contributed by atoms with Crippen LogP contribution in [-0.4, -0.2) is 16.7 Å². The highest BCUT2D eigenvalue weighted by atomic mass is 16.5. The van der Waals surface area contributed by atoms with Crippen LogP contribution in [0, 0.1) is 0 Å². The summed E-state index contributed by atoms with van der Waals surface area (Å²) in [5, 5.41) is 0. The second-order valence-electron chi connectivity index (χ2n) is 3.15. The van der Waals surface area contributed by atoms with Crippen molar-refractivity contribution in [2.24, 2.45) is 0 Å². The van der Waals surface area contributed by atoms with Crippen molar-refractivity contribution in [3.05, 3.63) is 57.4 Å². The van der Waals surface area contributed by atoms with Gasteiger partial charge in [0.2, 0.25) is 0 Å². The zero-order valence-electron chi connectivity index (χ0n) is 8.64. The van der Waals surface area contributed by atoms with Crippen molar-refractivity contribution >= 4 is 0 Å². The van der Waals surface area contributed by atoms with Gasteiger partial charge in [-0.2, -0.15) is 0 Å². The molecule has 0 fully saturated rings. The molecule has 2 rings (SSSR count). The van der Waals surface area contributed by atoms with Crippen molar-refractivity contribution in [3.63, 3.8) is 0 Å². The van der Waals surface area contributed by atoms with Gasteiger partial charge in [-0.1, -0.05) is 12.1 Å². The Morgan fingerprint density at radius 1 is 1.19 bits per heavy atom. The van der Waals surface area contributed by atoms with E-state index in [2.05, 4.69) is 4.98 Å². The van der Waals surface area contributed by atoms with Crippen molar-refractivity contribution in [2.45, 2.75) is 0 Å². The Morgan fingerprint density at radius 2 is 1.94 bits per heavy atom. The summed E-state index contributed by atoms with van der Waals surface area (Å²) >= 11 is 0. The Kier molecular flexibility index (Phi) is 2.59. The maximum Gasteiger partial charge on any atom is 0.333 e. The molecule has 1 aromatic carbocycles. The number of hydrogen-bond donors (Lipinski definition) is 1. The zero-order valence-corrected chi connectivity index (χ0v) is 8.64. The first-order chi connectivity index (χ1) is 7.72. The molecule has 1 N–H and O–H groups in total. The molecule has 0 atom stereocenters. The van der Waals surface area contributed by atoms with Gasteiger partial charge >= 0.3 is 5.69 Å². The number of hydrogen-bond acceptors (Lipinski definition) is 3. The molecule has 16 heavy (non-hydrogen) atoms. The summed E-state index contributed by atoms with van der Waals surface area (Å²) in [6.45, 7) is 0. The fourth-order valence-electron chi connectivity index (χ4n) is 1.44. The Labute approximate surface area is 90.9 Å². The second kappa shape index (κ2) is 4.06. The Hall–Kier alpha value is -2.30. The van der Waals surface area contributed by atoms with Crippen molar-refractivity contribution < 1.29 is 4.74 Å². The molecule has 0 saturated carbocycles. The monoisotopic (exact) mass is 218 g/mol. The molecule has 0 saturated heterocycles. The minimum atomic E-state index is -0.489. The van der Waals surface area contributed by atoms with Crippen LogP contribution < -0.4 is 16.0 Å². The van der Waals surface area contributed by atoms with Crippen LogP contribution in [0.3, 0.4) is 0 Å². The lowest BCUT2D eigenvalue weighted by atomic mass is 10.3. The molecule has 0 aliphatic heterocycles. The summed E-state index contributed by atoms with van der Waals surface area (Å²) in [6.07, 6.45) is 1.42. The highest BCUT2D eigenvalue weighted by molar-refractivity contribution is 5.46. The molecule has 5 nitrogen and oxygen atoms in total. The third-order valence-electron chi connectivity index (χ3n) is 2.17. The van der Waals surface area contributed by atoms with Gasteiger partial charge < -0.3 is 4.74 Å². The SMILES string of the molecule is COc1ccccc1-n1ccc(=O)[nH]c1=O. The van der Waals surface area contributed by atoms with Gasteiger partial charge in [-0.05, 0) is 12.1 Å². The van der Waals surface area contributed by atoms with Crippen molar-refractivity contribution in [2.75, 3.05) is 7.11 Å². The number of aromatic amines is 1. The van der Waals surface area contributed by atoms with E-state index >= 15 is 0 Å². The molecule has 2 aromatic rings. The number of nitrogens with zero attached hydrogens (tertiary/aromatic N) is 1. The molecule has 5 heteroatoms. The van der Waals surface area contributed by atoms with Gasteiger partial charge in [-0.15, -0.1) is 0 Å². The lowest BCUT2D eigenvalue weighted by molar-refractivity contribution is 0.412. The summed E-state index contributed by atoms with van der Waals surface area (Å²) in [7, 11) is 1.52. The lowest BCUT2D eigenvalue weighted by Crippen LogP contribution is -2.27.